The number of halogens is 2. The van der Waals surface area contributed by atoms with E-state index < -0.39 is 0 Å². The lowest BCUT2D eigenvalue weighted by molar-refractivity contribution is 0.347. The molecule has 1 aromatic rings. The number of benzene rings is 1. The Morgan fingerprint density at radius 3 is 2.58 bits per heavy atom. The van der Waals surface area contributed by atoms with E-state index in [1.165, 1.54) is 40.4 Å². The van der Waals surface area contributed by atoms with Crippen molar-refractivity contribution in [3.8, 4) is 5.75 Å². The van der Waals surface area contributed by atoms with Gasteiger partial charge in [0, 0.05) is 20.4 Å². The molecule has 0 N–H and O–H groups in total. The highest BCUT2D eigenvalue weighted by Crippen LogP contribution is 2.44. The van der Waals surface area contributed by atoms with E-state index in [1.54, 1.807) is 0 Å². The van der Waals surface area contributed by atoms with Crippen molar-refractivity contribution >= 4 is 38.5 Å². The van der Waals surface area contributed by atoms with Gasteiger partial charge in [-0.2, -0.15) is 0 Å². The van der Waals surface area contributed by atoms with Crippen LogP contribution in [0.25, 0.3) is 0 Å². The summed E-state index contributed by atoms with van der Waals surface area (Å²) in [6.45, 7) is 5.39. The number of rotatable bonds is 6. The van der Waals surface area contributed by atoms with Crippen LogP contribution in [0.1, 0.15) is 55.5 Å². The molecular weight excluding hydrogens is 415 g/mol. The fourth-order valence-corrected chi connectivity index (χ4v) is 4.52. The van der Waals surface area contributed by atoms with Crippen LogP contribution >= 0.6 is 38.5 Å². The zero-order valence-electron chi connectivity index (χ0n) is 11.7. The Bertz CT molecular complexity index is 427. The van der Waals surface area contributed by atoms with Gasteiger partial charge in [0.05, 0.1) is 6.61 Å². The van der Waals surface area contributed by atoms with Crippen molar-refractivity contribution in [2.45, 2.75) is 50.8 Å². The molecule has 1 aliphatic rings. The monoisotopic (exact) mass is 436 g/mol. The summed E-state index contributed by atoms with van der Waals surface area (Å²) >= 11 is 6.38. The molecule has 1 heterocycles. The standard InChI is InChI=1S/C16H22BrIO/c1-3-5-11(6-4-2)15(17)14-10-13(18)9-12-7-8-19-16(12)14/h9-11,15H,3-8H2,1-2H3. The van der Waals surface area contributed by atoms with E-state index in [4.69, 9.17) is 4.74 Å². The minimum Gasteiger partial charge on any atom is -0.493 e. The lowest BCUT2D eigenvalue weighted by atomic mass is 9.90. The van der Waals surface area contributed by atoms with Crippen molar-refractivity contribution in [1.29, 1.82) is 0 Å². The molecule has 0 amide bonds. The quantitative estimate of drug-likeness (QED) is 0.399. The first kappa shape index (κ1) is 15.6. The van der Waals surface area contributed by atoms with Crippen LogP contribution in [-0.4, -0.2) is 6.61 Å². The molecule has 2 rings (SSSR count). The molecule has 0 radical (unpaired) electrons. The van der Waals surface area contributed by atoms with Crippen LogP contribution < -0.4 is 4.74 Å². The van der Waals surface area contributed by atoms with Gasteiger partial charge in [-0.3, -0.25) is 0 Å². The number of hydrogen-bond acceptors (Lipinski definition) is 1. The van der Waals surface area contributed by atoms with Crippen LogP contribution in [0.4, 0.5) is 0 Å². The molecule has 0 saturated carbocycles. The maximum atomic E-state index is 5.88. The molecule has 0 saturated heterocycles. The summed E-state index contributed by atoms with van der Waals surface area (Å²) in [5.41, 5.74) is 2.75. The summed E-state index contributed by atoms with van der Waals surface area (Å²) in [7, 11) is 0. The molecular formula is C16H22BrIO. The molecule has 1 nitrogen and oxygen atoms in total. The van der Waals surface area contributed by atoms with Gasteiger partial charge in [0.2, 0.25) is 0 Å². The fraction of sp³-hybridized carbons (Fsp3) is 0.625. The zero-order chi connectivity index (χ0) is 13.8. The largest absolute Gasteiger partial charge is 0.493 e. The predicted octanol–water partition coefficient (Wildman–Crippen LogP) is 5.88. The van der Waals surface area contributed by atoms with Gasteiger partial charge in [-0.1, -0.05) is 42.6 Å². The van der Waals surface area contributed by atoms with Crippen molar-refractivity contribution in [2.75, 3.05) is 6.61 Å². The molecule has 0 fully saturated rings. The Kier molecular flexibility index (Phi) is 6.00. The number of alkyl halides is 1. The number of fused-ring (bicyclic) bond motifs is 1. The summed E-state index contributed by atoms with van der Waals surface area (Å²) in [5, 5.41) is 0. The van der Waals surface area contributed by atoms with Gasteiger partial charge in [-0.15, -0.1) is 0 Å². The van der Waals surface area contributed by atoms with Gasteiger partial charge >= 0.3 is 0 Å². The van der Waals surface area contributed by atoms with Crippen molar-refractivity contribution in [3.05, 3.63) is 26.8 Å². The van der Waals surface area contributed by atoms with Crippen LogP contribution in [0.3, 0.4) is 0 Å². The first-order valence-electron chi connectivity index (χ1n) is 7.26. The van der Waals surface area contributed by atoms with Crippen LogP contribution in [-0.2, 0) is 6.42 Å². The molecule has 0 bridgehead atoms. The van der Waals surface area contributed by atoms with E-state index in [-0.39, 0.29) is 0 Å². The molecule has 0 aliphatic carbocycles. The zero-order valence-corrected chi connectivity index (χ0v) is 15.5. The van der Waals surface area contributed by atoms with Gasteiger partial charge < -0.3 is 4.74 Å². The molecule has 106 valence electrons. The highest BCUT2D eigenvalue weighted by Gasteiger charge is 2.26. The van der Waals surface area contributed by atoms with Gasteiger partial charge in [-0.05, 0) is 59.0 Å². The topological polar surface area (TPSA) is 9.23 Å². The van der Waals surface area contributed by atoms with Gasteiger partial charge in [-0.25, -0.2) is 0 Å². The molecule has 19 heavy (non-hydrogen) atoms. The Morgan fingerprint density at radius 1 is 1.26 bits per heavy atom. The summed E-state index contributed by atoms with van der Waals surface area (Å²) < 4.78 is 7.21. The Hall–Kier alpha value is 0.230. The lowest BCUT2D eigenvalue weighted by Gasteiger charge is -2.24. The van der Waals surface area contributed by atoms with E-state index in [0.717, 1.165) is 18.8 Å². The maximum absolute atomic E-state index is 5.88. The summed E-state index contributed by atoms with van der Waals surface area (Å²) in [4.78, 5) is 0.425. The Morgan fingerprint density at radius 2 is 1.95 bits per heavy atom. The minimum atomic E-state index is 0.425. The molecule has 0 spiro atoms. The molecule has 3 heteroatoms. The average Bonchev–Trinajstić information content (AvgIpc) is 2.84. The first-order chi connectivity index (χ1) is 9.17. The summed E-state index contributed by atoms with van der Waals surface area (Å²) in [5.74, 6) is 1.86. The second-order valence-electron chi connectivity index (χ2n) is 5.32. The van der Waals surface area contributed by atoms with Gasteiger partial charge in [0.1, 0.15) is 5.75 Å². The van der Waals surface area contributed by atoms with Crippen LogP contribution in [0, 0.1) is 9.49 Å². The van der Waals surface area contributed by atoms with E-state index in [0.29, 0.717) is 10.7 Å². The van der Waals surface area contributed by atoms with E-state index in [2.05, 4.69) is 64.5 Å². The van der Waals surface area contributed by atoms with Gasteiger partial charge in [0.25, 0.3) is 0 Å². The van der Waals surface area contributed by atoms with E-state index in [9.17, 15) is 0 Å². The second kappa shape index (κ2) is 7.30. The molecule has 1 aromatic carbocycles. The fourth-order valence-electron chi connectivity index (χ4n) is 2.94. The maximum Gasteiger partial charge on any atom is 0.127 e. The minimum absolute atomic E-state index is 0.425. The highest BCUT2D eigenvalue weighted by atomic mass is 127. The Balaban J connectivity index is 2.29. The van der Waals surface area contributed by atoms with Crippen molar-refractivity contribution in [3.63, 3.8) is 0 Å². The van der Waals surface area contributed by atoms with Crippen LogP contribution in [0.5, 0.6) is 5.75 Å². The second-order valence-corrected chi connectivity index (χ2v) is 7.55. The molecule has 1 unspecified atom stereocenters. The third-order valence-electron chi connectivity index (χ3n) is 3.81. The predicted molar refractivity (Wildman–Crippen MR) is 93.3 cm³/mol. The smallest absolute Gasteiger partial charge is 0.127 e. The third kappa shape index (κ3) is 3.66. The van der Waals surface area contributed by atoms with E-state index >= 15 is 0 Å². The van der Waals surface area contributed by atoms with Crippen molar-refractivity contribution < 1.29 is 4.74 Å². The van der Waals surface area contributed by atoms with Crippen molar-refractivity contribution in [2.24, 2.45) is 5.92 Å². The number of hydrogen-bond donors (Lipinski definition) is 0. The van der Waals surface area contributed by atoms with E-state index in [1.807, 2.05) is 0 Å². The number of ether oxygens (including phenoxy) is 1. The highest BCUT2D eigenvalue weighted by molar-refractivity contribution is 14.1. The normalized spacial score (nSPS) is 15.4. The first-order valence-corrected chi connectivity index (χ1v) is 9.26. The molecule has 1 aliphatic heterocycles. The molecule has 1 atom stereocenters. The third-order valence-corrected chi connectivity index (χ3v) is 5.67. The van der Waals surface area contributed by atoms with Crippen LogP contribution in [0.15, 0.2) is 12.1 Å². The van der Waals surface area contributed by atoms with Gasteiger partial charge in [0.15, 0.2) is 0 Å². The van der Waals surface area contributed by atoms with Crippen LogP contribution in [0.2, 0.25) is 0 Å². The summed E-state index contributed by atoms with van der Waals surface area (Å²) in [6, 6.07) is 4.56. The lowest BCUT2D eigenvalue weighted by Crippen LogP contribution is -2.09. The molecule has 0 aromatic heterocycles. The Labute approximate surface area is 138 Å². The average molecular weight is 437 g/mol. The van der Waals surface area contributed by atoms with Crippen molar-refractivity contribution in [1.82, 2.24) is 0 Å². The SMILES string of the molecule is CCCC(CCC)C(Br)c1cc(I)cc2c1OCC2. The summed E-state index contributed by atoms with van der Waals surface area (Å²) in [6.07, 6.45) is 6.12.